The summed E-state index contributed by atoms with van der Waals surface area (Å²) < 4.78 is 19.9. The summed E-state index contributed by atoms with van der Waals surface area (Å²) in [7, 11) is 0.500. The molecule has 0 aliphatic heterocycles. The average molecular weight is 174 g/mol. The van der Waals surface area contributed by atoms with E-state index in [0.717, 1.165) is 6.92 Å². The number of hydrogen-bond donors (Lipinski definition) is 1. The molecule has 11 heavy (non-hydrogen) atoms. The smallest absolute Gasteiger partial charge is 0.298 e. The molecule has 0 atom stereocenters. The number of aliphatic hydroxyl groups excluding tert-OH is 1. The highest BCUT2D eigenvalue weighted by Crippen LogP contribution is 1.58. The van der Waals surface area contributed by atoms with Gasteiger partial charge in [-0.05, 0) is 6.92 Å². The van der Waals surface area contributed by atoms with Crippen molar-refractivity contribution < 1.29 is 18.7 Å². The van der Waals surface area contributed by atoms with Crippen molar-refractivity contribution in [3.8, 4) is 0 Å². The Balaban J connectivity index is -0.0000000158. The third kappa shape index (κ3) is 2050. The zero-order chi connectivity index (χ0) is 8.28. The summed E-state index contributed by atoms with van der Waals surface area (Å²) in [5.41, 5.74) is 0. The number of carbonyl (C=O) groups is 1. The van der Waals surface area contributed by atoms with Crippen molar-refractivity contribution in [3.05, 3.63) is 0 Å². The van der Waals surface area contributed by atoms with Crippen molar-refractivity contribution in [2.75, 3.05) is 13.8 Å². The maximum absolute atomic E-state index is 10.4. The molecule has 4 heteroatoms. The average Bonchev–Trinajstić information content (AvgIpc) is 1.71. The monoisotopic (exact) mass is 174 g/mol. The largest absolute Gasteiger partial charge is 0.397 e. The lowest BCUT2D eigenvalue weighted by atomic mass is 10.9. The Kier molecular flexibility index (Phi) is 160. The summed E-state index contributed by atoms with van der Waals surface area (Å²) in [6.45, 7) is 2.79. The second-order valence-electron chi connectivity index (χ2n) is 0.786. The summed E-state index contributed by atoms with van der Waals surface area (Å²) in [6, 6.07) is -1.33. The minimum atomic E-state index is -1.33. The van der Waals surface area contributed by atoms with Gasteiger partial charge in [0.15, 0.2) is 0 Å². The molecule has 0 rings (SSSR count). The molecule has 0 aliphatic rings. The first-order valence-electron chi connectivity index (χ1n) is 2.29. The summed E-state index contributed by atoms with van der Waals surface area (Å²) in [5, 5.41) is 7.57. The van der Waals surface area contributed by atoms with Gasteiger partial charge in [0.25, 0.3) is 6.04 Å². The standard InChI is InChI=1S/C2H3FO.C2H6O.CH3F.2CH4/c1-2(3)4;1-2-3;1-2;;/h1H3;3H,2H2,1H3;1H3;2*1H4. The van der Waals surface area contributed by atoms with Crippen LogP contribution in [0.2, 0.25) is 0 Å². The molecular weight excluding hydrogens is 154 g/mol. The fourth-order valence-electron chi connectivity index (χ4n) is 0. The molecule has 0 unspecified atom stereocenters. The third-order valence-corrected chi connectivity index (χ3v) is 0. The van der Waals surface area contributed by atoms with E-state index in [9.17, 15) is 8.78 Å². The van der Waals surface area contributed by atoms with Crippen LogP contribution in [0.25, 0.3) is 0 Å². The van der Waals surface area contributed by atoms with Gasteiger partial charge < -0.3 is 5.11 Å². The van der Waals surface area contributed by atoms with Gasteiger partial charge in [0, 0.05) is 13.5 Å². The van der Waals surface area contributed by atoms with Crippen LogP contribution < -0.4 is 0 Å². The van der Waals surface area contributed by atoms with E-state index in [1.807, 2.05) is 0 Å². The molecule has 0 saturated heterocycles. The van der Waals surface area contributed by atoms with Gasteiger partial charge in [0.2, 0.25) is 0 Å². The predicted octanol–water partition coefficient (Wildman–Crippen LogP) is 2.36. The molecule has 0 aromatic carbocycles. The molecule has 74 valence electrons. The number of alkyl halides is 1. The van der Waals surface area contributed by atoms with Crippen molar-refractivity contribution in [2.24, 2.45) is 0 Å². The predicted molar refractivity (Wildman–Crippen MR) is 45.0 cm³/mol. The SMILES string of the molecule is C.C.CC(=O)F.CCO.CF. The molecule has 0 aromatic heterocycles. The lowest BCUT2D eigenvalue weighted by Gasteiger charge is -1.52. The van der Waals surface area contributed by atoms with Gasteiger partial charge in [-0.25, -0.2) is 0 Å². The van der Waals surface area contributed by atoms with E-state index in [1.54, 1.807) is 6.92 Å². The van der Waals surface area contributed by atoms with Gasteiger partial charge in [-0.3, -0.25) is 9.18 Å². The van der Waals surface area contributed by atoms with Crippen LogP contribution in [0.5, 0.6) is 0 Å². The Morgan fingerprint density at radius 1 is 1.36 bits per heavy atom. The van der Waals surface area contributed by atoms with Crippen molar-refractivity contribution >= 4 is 6.04 Å². The second kappa shape index (κ2) is 56.2. The molecule has 0 saturated carbocycles. The molecular formula is C7H20F2O2. The molecule has 0 heterocycles. The van der Waals surface area contributed by atoms with Crippen LogP contribution in [0.15, 0.2) is 0 Å². The van der Waals surface area contributed by atoms with Crippen LogP contribution in [0.4, 0.5) is 8.78 Å². The summed E-state index contributed by atoms with van der Waals surface area (Å²) in [6.07, 6.45) is 0. The number of hydrogen-bond acceptors (Lipinski definition) is 2. The number of aliphatic hydroxyl groups is 1. The fraction of sp³-hybridized carbons (Fsp3) is 0.857. The van der Waals surface area contributed by atoms with Crippen LogP contribution in [-0.2, 0) is 4.79 Å². The molecule has 1 N–H and O–H groups in total. The zero-order valence-corrected chi connectivity index (χ0v) is 5.82. The number of halogens is 2. The highest BCUT2D eigenvalue weighted by Gasteiger charge is 1.69. The maximum Gasteiger partial charge on any atom is 0.298 e. The quantitative estimate of drug-likeness (QED) is 0.572. The second-order valence-corrected chi connectivity index (χ2v) is 0.786. The summed E-state index contributed by atoms with van der Waals surface area (Å²) in [4.78, 5) is 8.78. The lowest BCUT2D eigenvalue weighted by Crippen LogP contribution is -1.65. The van der Waals surface area contributed by atoms with E-state index < -0.39 is 6.04 Å². The first kappa shape index (κ1) is 31.3. The fourth-order valence-corrected chi connectivity index (χ4v) is 0. The molecule has 0 amide bonds. The molecule has 0 radical (unpaired) electrons. The molecule has 0 bridgehead atoms. The Bertz CT molecular complexity index is 45.7. The van der Waals surface area contributed by atoms with E-state index >= 15 is 0 Å². The van der Waals surface area contributed by atoms with E-state index in [4.69, 9.17) is 9.90 Å². The minimum Gasteiger partial charge on any atom is -0.397 e. The Morgan fingerprint density at radius 2 is 1.36 bits per heavy atom. The first-order chi connectivity index (χ1) is 4.15. The lowest BCUT2D eigenvalue weighted by molar-refractivity contribution is -0.126. The zero-order valence-electron chi connectivity index (χ0n) is 5.82. The Morgan fingerprint density at radius 3 is 1.36 bits per heavy atom. The highest BCUT2D eigenvalue weighted by molar-refractivity contribution is 5.64. The normalized spacial score (nSPS) is 4.55. The van der Waals surface area contributed by atoms with Crippen LogP contribution in [0.3, 0.4) is 0 Å². The summed E-state index contributed by atoms with van der Waals surface area (Å²) in [5.74, 6) is 0. The van der Waals surface area contributed by atoms with Gasteiger partial charge in [-0.1, -0.05) is 14.9 Å². The van der Waals surface area contributed by atoms with Gasteiger partial charge in [-0.15, -0.1) is 0 Å². The first-order valence-corrected chi connectivity index (χ1v) is 2.29. The van der Waals surface area contributed by atoms with Gasteiger partial charge in [-0.2, -0.15) is 4.39 Å². The molecule has 0 aromatic rings. The highest BCUT2D eigenvalue weighted by atomic mass is 19.1. The van der Waals surface area contributed by atoms with Crippen molar-refractivity contribution in [1.82, 2.24) is 0 Å². The summed E-state index contributed by atoms with van der Waals surface area (Å²) >= 11 is 0. The van der Waals surface area contributed by atoms with Crippen molar-refractivity contribution in [3.63, 3.8) is 0 Å². The van der Waals surface area contributed by atoms with Crippen LogP contribution >= 0.6 is 0 Å². The van der Waals surface area contributed by atoms with Gasteiger partial charge in [0.1, 0.15) is 0 Å². The number of carbonyl (C=O) groups excluding carboxylic acids is 1. The third-order valence-electron chi connectivity index (χ3n) is 0. The molecule has 2 nitrogen and oxygen atoms in total. The van der Waals surface area contributed by atoms with Gasteiger partial charge >= 0.3 is 0 Å². The van der Waals surface area contributed by atoms with Crippen LogP contribution in [-0.4, -0.2) is 24.9 Å². The molecule has 0 fully saturated rings. The van der Waals surface area contributed by atoms with E-state index in [-0.39, 0.29) is 21.5 Å². The van der Waals surface area contributed by atoms with E-state index in [2.05, 4.69) is 0 Å². The van der Waals surface area contributed by atoms with Crippen molar-refractivity contribution in [1.29, 1.82) is 0 Å². The van der Waals surface area contributed by atoms with Crippen LogP contribution in [0.1, 0.15) is 28.7 Å². The topological polar surface area (TPSA) is 37.3 Å². The Hall–Kier alpha value is -0.510. The van der Waals surface area contributed by atoms with Crippen LogP contribution in [0, 0.1) is 0 Å². The minimum absolute atomic E-state index is 0. The molecule has 0 aliphatic carbocycles. The van der Waals surface area contributed by atoms with E-state index in [0.29, 0.717) is 7.18 Å². The van der Waals surface area contributed by atoms with E-state index in [1.165, 1.54) is 0 Å². The Labute approximate surface area is 68.2 Å². The number of rotatable bonds is 0. The maximum atomic E-state index is 10.4. The van der Waals surface area contributed by atoms with Gasteiger partial charge in [0.05, 0.1) is 7.18 Å². The molecule has 0 spiro atoms. The van der Waals surface area contributed by atoms with Crippen molar-refractivity contribution in [2.45, 2.75) is 28.7 Å².